The number of H-pyrrole nitrogens is 1. The van der Waals surface area contributed by atoms with Crippen molar-refractivity contribution in [3.63, 3.8) is 0 Å². The van der Waals surface area contributed by atoms with Crippen LogP contribution in [-0.2, 0) is 0 Å². The highest BCUT2D eigenvalue weighted by Crippen LogP contribution is 2.29. The normalized spacial score (nSPS) is 18.6. The minimum absolute atomic E-state index is 0.0254. The summed E-state index contributed by atoms with van der Waals surface area (Å²) in [5, 5.41) is 18.5. The molecule has 88 valence electrons. The lowest BCUT2D eigenvalue weighted by Gasteiger charge is -2.27. The van der Waals surface area contributed by atoms with Crippen molar-refractivity contribution in [1.82, 2.24) is 15.5 Å². The van der Waals surface area contributed by atoms with Crippen LogP contribution in [-0.4, -0.2) is 33.4 Å². The van der Waals surface area contributed by atoms with Gasteiger partial charge in [-0.25, -0.2) is 0 Å². The van der Waals surface area contributed by atoms with E-state index in [0.29, 0.717) is 5.69 Å². The molecule has 1 aromatic heterocycles. The molecule has 1 saturated carbocycles. The monoisotopic (exact) mass is 224 g/mol. The Morgan fingerprint density at radius 3 is 2.81 bits per heavy atom. The van der Waals surface area contributed by atoms with E-state index in [1.54, 1.807) is 0 Å². The Bertz CT molecular complexity index is 382. The van der Waals surface area contributed by atoms with Gasteiger partial charge in [-0.1, -0.05) is 12.8 Å². The van der Waals surface area contributed by atoms with Gasteiger partial charge in [0.2, 0.25) is 0 Å². The lowest BCUT2D eigenvalue weighted by atomic mass is 9.99. The number of hydrogen-bond acceptors (Lipinski definition) is 4. The first-order chi connectivity index (χ1) is 7.65. The topological polar surface area (TPSA) is 104 Å². The Morgan fingerprint density at radius 2 is 2.31 bits per heavy atom. The van der Waals surface area contributed by atoms with Gasteiger partial charge in [0.05, 0.1) is 12.1 Å². The number of nitrogens with zero attached hydrogens (tertiary/aromatic N) is 1. The van der Waals surface area contributed by atoms with Crippen LogP contribution in [0.1, 0.15) is 36.2 Å². The van der Waals surface area contributed by atoms with Gasteiger partial charge in [-0.2, -0.15) is 5.10 Å². The van der Waals surface area contributed by atoms with Crippen LogP contribution in [0.5, 0.6) is 0 Å². The highest BCUT2D eigenvalue weighted by atomic mass is 16.3. The zero-order chi connectivity index (χ0) is 11.6. The molecule has 0 atom stereocenters. The highest BCUT2D eigenvalue weighted by molar-refractivity contribution is 5.93. The number of aliphatic hydroxyl groups excluding tert-OH is 1. The van der Waals surface area contributed by atoms with Gasteiger partial charge in [-0.3, -0.25) is 9.89 Å². The summed E-state index contributed by atoms with van der Waals surface area (Å²) in [6.45, 7) is -0.0254. The number of nitrogen functional groups attached to an aromatic ring is 1. The molecule has 1 fully saturated rings. The molecule has 6 heteroatoms. The molecule has 0 saturated heterocycles. The van der Waals surface area contributed by atoms with Gasteiger partial charge in [-0.05, 0) is 12.8 Å². The van der Waals surface area contributed by atoms with Gasteiger partial charge in [0, 0.05) is 6.07 Å². The molecule has 1 heterocycles. The molecule has 0 spiro atoms. The van der Waals surface area contributed by atoms with Gasteiger partial charge in [0.15, 0.2) is 0 Å². The second-order valence-electron chi connectivity index (χ2n) is 4.31. The first kappa shape index (κ1) is 10.9. The van der Waals surface area contributed by atoms with Gasteiger partial charge in [0.1, 0.15) is 11.5 Å². The maximum atomic E-state index is 11.8. The second-order valence-corrected chi connectivity index (χ2v) is 4.31. The zero-order valence-corrected chi connectivity index (χ0v) is 8.99. The average Bonchev–Trinajstić information content (AvgIpc) is 2.88. The Hall–Kier alpha value is -1.56. The maximum Gasteiger partial charge on any atom is 0.269 e. The quantitative estimate of drug-likeness (QED) is 0.581. The van der Waals surface area contributed by atoms with Gasteiger partial charge < -0.3 is 16.2 Å². The Kier molecular flexibility index (Phi) is 2.82. The smallest absolute Gasteiger partial charge is 0.269 e. The molecule has 1 aliphatic carbocycles. The summed E-state index contributed by atoms with van der Waals surface area (Å²) in [7, 11) is 0. The Morgan fingerprint density at radius 1 is 1.62 bits per heavy atom. The number of nitrogens with two attached hydrogens (primary N) is 1. The molecule has 0 bridgehead atoms. The standard InChI is InChI=1S/C10H16N4O2/c11-8-5-7(13-14-8)9(16)12-10(6-15)3-1-2-4-10/h5,15H,1-4,6H2,(H,12,16)(H3,11,13,14). The number of hydrogen-bond donors (Lipinski definition) is 4. The van der Waals surface area contributed by atoms with Crippen molar-refractivity contribution in [2.45, 2.75) is 31.2 Å². The summed E-state index contributed by atoms with van der Waals surface area (Å²) in [5.41, 5.74) is 5.29. The highest BCUT2D eigenvalue weighted by Gasteiger charge is 2.35. The first-order valence-corrected chi connectivity index (χ1v) is 5.39. The third kappa shape index (κ3) is 2.01. The average molecular weight is 224 g/mol. The van der Waals surface area contributed by atoms with E-state index in [9.17, 15) is 9.90 Å². The minimum Gasteiger partial charge on any atom is -0.394 e. The predicted molar refractivity (Wildman–Crippen MR) is 58.8 cm³/mol. The summed E-state index contributed by atoms with van der Waals surface area (Å²) in [4.78, 5) is 11.8. The molecule has 0 unspecified atom stereocenters. The lowest BCUT2D eigenvalue weighted by Crippen LogP contribution is -2.49. The molecule has 1 aromatic rings. The van der Waals surface area contributed by atoms with Crippen molar-refractivity contribution >= 4 is 11.7 Å². The molecule has 0 aromatic carbocycles. The Balaban J connectivity index is 2.06. The molecule has 16 heavy (non-hydrogen) atoms. The molecule has 1 aliphatic rings. The summed E-state index contributed by atoms with van der Waals surface area (Å²) in [6.07, 6.45) is 3.70. The number of carbonyl (C=O) groups excluding carboxylic acids is 1. The van der Waals surface area contributed by atoms with E-state index >= 15 is 0 Å². The molecule has 2 rings (SSSR count). The third-order valence-corrected chi connectivity index (χ3v) is 3.08. The molecule has 0 aliphatic heterocycles. The van der Waals surface area contributed by atoms with Crippen LogP contribution in [0.2, 0.25) is 0 Å². The van der Waals surface area contributed by atoms with E-state index in [-0.39, 0.29) is 18.3 Å². The van der Waals surface area contributed by atoms with Crippen molar-refractivity contribution in [2.24, 2.45) is 0 Å². The largest absolute Gasteiger partial charge is 0.394 e. The third-order valence-electron chi connectivity index (χ3n) is 3.08. The van der Waals surface area contributed by atoms with Crippen molar-refractivity contribution in [1.29, 1.82) is 0 Å². The van der Waals surface area contributed by atoms with E-state index in [0.717, 1.165) is 25.7 Å². The van der Waals surface area contributed by atoms with Crippen LogP contribution < -0.4 is 11.1 Å². The number of aromatic amines is 1. The minimum atomic E-state index is -0.461. The number of anilines is 1. The molecule has 0 radical (unpaired) electrons. The molecular formula is C10H16N4O2. The van der Waals surface area contributed by atoms with E-state index in [2.05, 4.69) is 15.5 Å². The van der Waals surface area contributed by atoms with Gasteiger partial charge >= 0.3 is 0 Å². The fourth-order valence-electron chi connectivity index (χ4n) is 2.14. The summed E-state index contributed by atoms with van der Waals surface area (Å²) < 4.78 is 0. The van der Waals surface area contributed by atoms with Crippen molar-refractivity contribution < 1.29 is 9.90 Å². The van der Waals surface area contributed by atoms with Gasteiger partial charge in [0.25, 0.3) is 5.91 Å². The van der Waals surface area contributed by atoms with Crippen LogP contribution in [0.15, 0.2) is 6.07 Å². The Labute approximate surface area is 93.2 Å². The number of nitrogens with one attached hydrogen (secondary N) is 2. The zero-order valence-electron chi connectivity index (χ0n) is 8.99. The predicted octanol–water partition coefficient (Wildman–Crippen LogP) is 0.0268. The van der Waals surface area contributed by atoms with E-state index in [1.165, 1.54) is 6.07 Å². The molecule has 5 N–H and O–H groups in total. The lowest BCUT2D eigenvalue weighted by molar-refractivity contribution is 0.0833. The van der Waals surface area contributed by atoms with Crippen LogP contribution in [0.25, 0.3) is 0 Å². The van der Waals surface area contributed by atoms with E-state index in [4.69, 9.17) is 5.73 Å². The number of carbonyl (C=O) groups is 1. The number of rotatable bonds is 3. The van der Waals surface area contributed by atoms with E-state index < -0.39 is 5.54 Å². The van der Waals surface area contributed by atoms with Crippen LogP contribution in [0, 0.1) is 0 Å². The van der Waals surface area contributed by atoms with Crippen LogP contribution in [0.3, 0.4) is 0 Å². The first-order valence-electron chi connectivity index (χ1n) is 5.39. The van der Waals surface area contributed by atoms with Crippen LogP contribution >= 0.6 is 0 Å². The van der Waals surface area contributed by atoms with Crippen molar-refractivity contribution in [2.75, 3.05) is 12.3 Å². The van der Waals surface area contributed by atoms with Gasteiger partial charge in [-0.15, -0.1) is 0 Å². The molecule has 6 nitrogen and oxygen atoms in total. The number of aliphatic hydroxyl groups is 1. The fourth-order valence-corrected chi connectivity index (χ4v) is 2.14. The van der Waals surface area contributed by atoms with E-state index in [1.807, 2.05) is 0 Å². The summed E-state index contributed by atoms with van der Waals surface area (Å²) in [6, 6.07) is 1.48. The van der Waals surface area contributed by atoms with Crippen molar-refractivity contribution in [3.05, 3.63) is 11.8 Å². The molecule has 1 amide bonds. The maximum absolute atomic E-state index is 11.8. The fraction of sp³-hybridized carbons (Fsp3) is 0.600. The molecular weight excluding hydrogens is 208 g/mol. The summed E-state index contributed by atoms with van der Waals surface area (Å²) >= 11 is 0. The second kappa shape index (κ2) is 4.13. The number of amides is 1. The van der Waals surface area contributed by atoms with Crippen LogP contribution in [0.4, 0.5) is 5.82 Å². The summed E-state index contributed by atoms with van der Waals surface area (Å²) in [5.74, 6) is 0.0229. The SMILES string of the molecule is Nc1cc(C(=O)NC2(CO)CCCC2)[nH]n1. The van der Waals surface area contributed by atoms with Crippen molar-refractivity contribution in [3.8, 4) is 0 Å². The number of aromatic nitrogens is 2.